The largest absolute Gasteiger partial charge is 0.329 e. The highest BCUT2D eigenvalue weighted by atomic mass is 32.2. The topological polar surface area (TPSA) is 52.0 Å². The first-order chi connectivity index (χ1) is 5.91. The van der Waals surface area contributed by atoms with E-state index in [1.807, 2.05) is 23.5 Å². The smallest absolute Gasteiger partial charge is 0.0561 e. The van der Waals surface area contributed by atoms with Crippen molar-refractivity contribution in [2.75, 3.05) is 13.1 Å². The van der Waals surface area contributed by atoms with Crippen molar-refractivity contribution in [2.45, 2.75) is 42.3 Å². The summed E-state index contributed by atoms with van der Waals surface area (Å²) in [5.41, 5.74) is 11.2. The van der Waals surface area contributed by atoms with Crippen molar-refractivity contribution in [3.05, 3.63) is 0 Å². The summed E-state index contributed by atoms with van der Waals surface area (Å²) < 4.78 is 0.220. The van der Waals surface area contributed by atoms with Crippen LogP contribution in [0.15, 0.2) is 0 Å². The fraction of sp³-hybridized carbons (Fsp3) is 1.00. The van der Waals surface area contributed by atoms with E-state index in [0.29, 0.717) is 10.5 Å². The van der Waals surface area contributed by atoms with Gasteiger partial charge in [0, 0.05) is 23.6 Å². The van der Waals surface area contributed by atoms with Gasteiger partial charge in [-0.2, -0.15) is 0 Å². The van der Waals surface area contributed by atoms with Gasteiger partial charge >= 0.3 is 0 Å². The third kappa shape index (κ3) is 6.66. The average Bonchev–Trinajstić information content (AvgIpc) is 2.02. The first kappa shape index (κ1) is 13.6. The van der Waals surface area contributed by atoms with Gasteiger partial charge in [-0.1, -0.05) is 13.8 Å². The Morgan fingerprint density at radius 3 is 1.54 bits per heavy atom. The maximum absolute atomic E-state index is 5.59. The lowest BCUT2D eigenvalue weighted by atomic mass is 10.5. The zero-order valence-electron chi connectivity index (χ0n) is 9.04. The maximum Gasteiger partial charge on any atom is 0.0561 e. The molecule has 13 heavy (non-hydrogen) atoms. The van der Waals surface area contributed by atoms with Gasteiger partial charge in [-0.25, -0.2) is 0 Å². The zero-order chi connectivity index (χ0) is 10.5. The molecule has 0 saturated carbocycles. The number of hydrogen-bond donors (Lipinski definition) is 2. The first-order valence-corrected chi connectivity index (χ1v) is 6.43. The lowest BCUT2D eigenvalue weighted by Gasteiger charge is -2.29. The summed E-state index contributed by atoms with van der Waals surface area (Å²) >= 11 is 3.86. The minimum absolute atomic E-state index is 0.220. The Bertz CT molecular complexity index is 126. The lowest BCUT2D eigenvalue weighted by molar-refractivity contribution is 0.903. The molecule has 0 spiro atoms. The van der Waals surface area contributed by atoms with Crippen LogP contribution in [0.2, 0.25) is 0 Å². The Kier molecular flexibility index (Phi) is 6.46. The standard InChI is InChI=1S/C9H22N2S2/c1-7(5-10)12-9(3,4)13-8(2)6-11/h7-8H,5-6,10-11H2,1-4H3. The number of rotatable bonds is 6. The van der Waals surface area contributed by atoms with Gasteiger partial charge in [-0.3, -0.25) is 0 Å². The summed E-state index contributed by atoms with van der Waals surface area (Å²) in [5.74, 6) is 0. The van der Waals surface area contributed by atoms with E-state index in [0.717, 1.165) is 13.1 Å². The molecular weight excluding hydrogens is 200 g/mol. The molecule has 2 nitrogen and oxygen atoms in total. The van der Waals surface area contributed by atoms with Crippen LogP contribution >= 0.6 is 23.5 Å². The van der Waals surface area contributed by atoms with Gasteiger partial charge in [-0.15, -0.1) is 23.5 Å². The molecule has 0 aromatic rings. The van der Waals surface area contributed by atoms with E-state index in [1.54, 1.807) is 0 Å². The minimum atomic E-state index is 0.220. The molecular formula is C9H22N2S2. The van der Waals surface area contributed by atoms with Gasteiger partial charge < -0.3 is 11.5 Å². The minimum Gasteiger partial charge on any atom is -0.329 e. The van der Waals surface area contributed by atoms with Crippen LogP contribution in [0.4, 0.5) is 0 Å². The normalized spacial score (nSPS) is 17.1. The van der Waals surface area contributed by atoms with Crippen molar-refractivity contribution in [3.8, 4) is 0 Å². The van der Waals surface area contributed by atoms with E-state index in [4.69, 9.17) is 11.5 Å². The van der Waals surface area contributed by atoms with Crippen molar-refractivity contribution in [3.63, 3.8) is 0 Å². The molecule has 0 heterocycles. The fourth-order valence-electron chi connectivity index (χ4n) is 1.09. The van der Waals surface area contributed by atoms with Crippen LogP contribution in [0, 0.1) is 0 Å². The summed E-state index contributed by atoms with van der Waals surface area (Å²) in [6.45, 7) is 10.3. The molecule has 0 aliphatic heterocycles. The van der Waals surface area contributed by atoms with Gasteiger partial charge in [0.25, 0.3) is 0 Å². The van der Waals surface area contributed by atoms with Crippen LogP contribution in [0.5, 0.6) is 0 Å². The molecule has 0 rings (SSSR count). The second-order valence-electron chi connectivity index (χ2n) is 3.73. The fourth-order valence-corrected chi connectivity index (χ4v) is 4.43. The molecule has 2 unspecified atom stereocenters. The molecule has 0 aliphatic rings. The van der Waals surface area contributed by atoms with Crippen LogP contribution in [0.25, 0.3) is 0 Å². The van der Waals surface area contributed by atoms with Crippen molar-refractivity contribution in [1.29, 1.82) is 0 Å². The van der Waals surface area contributed by atoms with Crippen molar-refractivity contribution in [1.82, 2.24) is 0 Å². The molecule has 2 atom stereocenters. The van der Waals surface area contributed by atoms with E-state index >= 15 is 0 Å². The third-order valence-corrected chi connectivity index (χ3v) is 4.54. The van der Waals surface area contributed by atoms with Gasteiger partial charge in [0.1, 0.15) is 0 Å². The van der Waals surface area contributed by atoms with E-state index < -0.39 is 0 Å². The summed E-state index contributed by atoms with van der Waals surface area (Å²) in [6, 6.07) is 0. The molecule has 4 heteroatoms. The van der Waals surface area contributed by atoms with Crippen LogP contribution in [0.1, 0.15) is 27.7 Å². The molecule has 80 valence electrons. The van der Waals surface area contributed by atoms with Gasteiger partial charge in [0.15, 0.2) is 0 Å². The molecule has 0 aromatic carbocycles. The van der Waals surface area contributed by atoms with Crippen LogP contribution in [-0.2, 0) is 0 Å². The SMILES string of the molecule is CC(CN)SC(C)(C)SC(C)CN. The van der Waals surface area contributed by atoms with Gasteiger partial charge in [0.2, 0.25) is 0 Å². The van der Waals surface area contributed by atoms with Crippen molar-refractivity contribution < 1.29 is 0 Å². The van der Waals surface area contributed by atoms with E-state index in [9.17, 15) is 0 Å². The Morgan fingerprint density at radius 1 is 1.00 bits per heavy atom. The Hall–Kier alpha value is 0.620. The first-order valence-electron chi connectivity index (χ1n) is 4.67. The third-order valence-electron chi connectivity index (χ3n) is 1.63. The Labute approximate surface area is 90.6 Å². The maximum atomic E-state index is 5.59. The van der Waals surface area contributed by atoms with Crippen LogP contribution < -0.4 is 11.5 Å². The predicted molar refractivity (Wildman–Crippen MR) is 66.3 cm³/mol. The average molecular weight is 222 g/mol. The number of thioether (sulfide) groups is 2. The molecule has 4 N–H and O–H groups in total. The molecule has 0 aliphatic carbocycles. The molecule has 0 amide bonds. The highest BCUT2D eigenvalue weighted by molar-refractivity contribution is 8.18. The summed E-state index contributed by atoms with van der Waals surface area (Å²) in [4.78, 5) is 0. The molecule has 0 radical (unpaired) electrons. The highest BCUT2D eigenvalue weighted by Gasteiger charge is 2.23. The predicted octanol–water partition coefficient (Wildman–Crippen LogP) is 1.88. The summed E-state index contributed by atoms with van der Waals surface area (Å²) in [7, 11) is 0. The van der Waals surface area contributed by atoms with Crippen molar-refractivity contribution >= 4 is 23.5 Å². The number of nitrogens with two attached hydrogens (primary N) is 2. The van der Waals surface area contributed by atoms with E-state index in [-0.39, 0.29) is 4.08 Å². The Balaban J connectivity index is 3.92. The second kappa shape index (κ2) is 6.17. The van der Waals surface area contributed by atoms with Gasteiger partial charge in [0.05, 0.1) is 4.08 Å². The number of hydrogen-bond acceptors (Lipinski definition) is 4. The van der Waals surface area contributed by atoms with Crippen LogP contribution in [0.3, 0.4) is 0 Å². The molecule has 0 aromatic heterocycles. The van der Waals surface area contributed by atoms with Crippen LogP contribution in [-0.4, -0.2) is 27.7 Å². The van der Waals surface area contributed by atoms with Gasteiger partial charge in [-0.05, 0) is 13.8 Å². The summed E-state index contributed by atoms with van der Waals surface area (Å²) in [5, 5.41) is 1.04. The lowest BCUT2D eigenvalue weighted by Crippen LogP contribution is -2.25. The quantitative estimate of drug-likeness (QED) is 0.674. The molecule has 0 fully saturated rings. The highest BCUT2D eigenvalue weighted by Crippen LogP contribution is 2.40. The second-order valence-corrected chi connectivity index (χ2v) is 8.11. The molecule has 0 saturated heterocycles. The monoisotopic (exact) mass is 222 g/mol. The molecule has 0 bridgehead atoms. The van der Waals surface area contributed by atoms with Crippen molar-refractivity contribution in [2.24, 2.45) is 11.5 Å². The van der Waals surface area contributed by atoms with E-state index in [2.05, 4.69) is 27.7 Å². The Morgan fingerprint density at radius 2 is 1.31 bits per heavy atom. The summed E-state index contributed by atoms with van der Waals surface area (Å²) in [6.07, 6.45) is 0. The van der Waals surface area contributed by atoms with E-state index in [1.165, 1.54) is 0 Å². The zero-order valence-corrected chi connectivity index (χ0v) is 10.7.